The lowest BCUT2D eigenvalue weighted by molar-refractivity contribution is 0.0948. The second kappa shape index (κ2) is 7.04. The largest absolute Gasteiger partial charge is 0.496 e. The molecule has 4 nitrogen and oxygen atoms in total. The number of benzene rings is 3. The van der Waals surface area contributed by atoms with Gasteiger partial charge in [-0.15, -0.1) is 0 Å². The maximum Gasteiger partial charge on any atom is 0.255 e. The molecule has 3 aromatic rings. The Labute approximate surface area is 141 Å². The molecule has 0 aliphatic heterocycles. The maximum atomic E-state index is 12.6. The Morgan fingerprint density at radius 1 is 0.875 bits per heavy atom. The molecule has 0 radical (unpaired) electrons. The normalized spacial score (nSPS) is 10.4. The fourth-order valence-electron chi connectivity index (χ4n) is 2.69. The molecule has 0 saturated carbocycles. The van der Waals surface area contributed by atoms with Gasteiger partial charge in [-0.2, -0.15) is 0 Å². The summed E-state index contributed by atoms with van der Waals surface area (Å²) < 4.78 is 10.7. The van der Waals surface area contributed by atoms with E-state index in [1.165, 1.54) is 0 Å². The van der Waals surface area contributed by atoms with Crippen LogP contribution in [0.1, 0.15) is 15.9 Å². The Hall–Kier alpha value is -3.01. The molecule has 0 aliphatic carbocycles. The van der Waals surface area contributed by atoms with Gasteiger partial charge >= 0.3 is 0 Å². The minimum atomic E-state index is -0.177. The van der Waals surface area contributed by atoms with Crippen LogP contribution >= 0.6 is 0 Å². The van der Waals surface area contributed by atoms with E-state index >= 15 is 0 Å². The molecule has 0 saturated heterocycles. The summed E-state index contributed by atoms with van der Waals surface area (Å²) in [6, 6.07) is 19.2. The van der Waals surface area contributed by atoms with Gasteiger partial charge < -0.3 is 14.8 Å². The molecule has 3 aromatic carbocycles. The van der Waals surface area contributed by atoms with Crippen molar-refractivity contribution in [3.63, 3.8) is 0 Å². The van der Waals surface area contributed by atoms with Crippen LogP contribution < -0.4 is 14.8 Å². The number of hydrogen-bond acceptors (Lipinski definition) is 3. The predicted molar refractivity (Wildman–Crippen MR) is 94.7 cm³/mol. The average molecular weight is 321 g/mol. The first kappa shape index (κ1) is 15.9. The molecule has 0 fully saturated rings. The molecule has 1 N–H and O–H groups in total. The van der Waals surface area contributed by atoms with Gasteiger partial charge in [-0.05, 0) is 29.0 Å². The van der Waals surface area contributed by atoms with Crippen LogP contribution in [0, 0.1) is 0 Å². The van der Waals surface area contributed by atoms with Gasteiger partial charge in [0.25, 0.3) is 5.91 Å². The van der Waals surface area contributed by atoms with Crippen molar-refractivity contribution < 1.29 is 14.3 Å². The van der Waals surface area contributed by atoms with Gasteiger partial charge in [0.1, 0.15) is 11.5 Å². The summed E-state index contributed by atoms with van der Waals surface area (Å²) in [6.45, 7) is 0.388. The highest BCUT2D eigenvalue weighted by Crippen LogP contribution is 2.26. The van der Waals surface area contributed by atoms with Crippen LogP contribution in [0.3, 0.4) is 0 Å². The zero-order valence-electron chi connectivity index (χ0n) is 13.7. The Kier molecular flexibility index (Phi) is 4.66. The lowest BCUT2D eigenvalue weighted by Gasteiger charge is -2.12. The maximum absolute atomic E-state index is 12.6. The number of nitrogens with one attached hydrogen (secondary N) is 1. The summed E-state index contributed by atoms with van der Waals surface area (Å²) >= 11 is 0. The van der Waals surface area contributed by atoms with Gasteiger partial charge in [-0.1, -0.05) is 42.5 Å². The van der Waals surface area contributed by atoms with E-state index in [1.807, 2.05) is 60.7 Å². The third-order valence-electron chi connectivity index (χ3n) is 3.94. The molecular formula is C20H19NO3. The molecule has 0 atom stereocenters. The first-order valence-electron chi connectivity index (χ1n) is 7.70. The standard InChI is InChI=1S/C20H19NO3/c1-23-18-10-6-5-9-16(18)13-21-20(22)17-11-14-7-3-4-8-15(14)12-19(17)24-2/h3-12H,13H2,1-2H3,(H,21,22). The molecule has 0 aliphatic rings. The van der Waals surface area contributed by atoms with Gasteiger partial charge in [0, 0.05) is 12.1 Å². The van der Waals surface area contributed by atoms with Crippen LogP contribution in [0.25, 0.3) is 10.8 Å². The zero-order valence-corrected chi connectivity index (χ0v) is 13.7. The van der Waals surface area contributed by atoms with Crippen LogP contribution in [0.5, 0.6) is 11.5 Å². The molecule has 1 amide bonds. The Balaban J connectivity index is 1.85. The fourth-order valence-corrected chi connectivity index (χ4v) is 2.69. The lowest BCUT2D eigenvalue weighted by Crippen LogP contribution is -2.23. The number of rotatable bonds is 5. The van der Waals surface area contributed by atoms with Crippen molar-refractivity contribution in [2.45, 2.75) is 6.54 Å². The highest BCUT2D eigenvalue weighted by molar-refractivity contribution is 6.01. The molecule has 0 bridgehead atoms. The van der Waals surface area contributed by atoms with E-state index < -0.39 is 0 Å². The second-order valence-electron chi connectivity index (χ2n) is 5.39. The monoisotopic (exact) mass is 321 g/mol. The van der Waals surface area contributed by atoms with Crippen molar-refractivity contribution in [1.82, 2.24) is 5.32 Å². The Bertz CT molecular complexity index is 874. The lowest BCUT2D eigenvalue weighted by atomic mass is 10.1. The number of amides is 1. The number of ether oxygens (including phenoxy) is 2. The predicted octanol–water partition coefficient (Wildman–Crippen LogP) is 3.79. The van der Waals surface area contributed by atoms with E-state index in [2.05, 4.69) is 5.32 Å². The van der Waals surface area contributed by atoms with E-state index in [1.54, 1.807) is 14.2 Å². The minimum absolute atomic E-state index is 0.177. The molecular weight excluding hydrogens is 302 g/mol. The average Bonchev–Trinajstić information content (AvgIpc) is 2.65. The van der Waals surface area contributed by atoms with Gasteiger partial charge in [-0.25, -0.2) is 0 Å². The molecule has 3 rings (SSSR count). The molecule has 0 unspecified atom stereocenters. The molecule has 0 spiro atoms. The second-order valence-corrected chi connectivity index (χ2v) is 5.39. The Morgan fingerprint density at radius 2 is 1.50 bits per heavy atom. The number of hydrogen-bond donors (Lipinski definition) is 1. The van der Waals surface area contributed by atoms with Gasteiger partial charge in [-0.3, -0.25) is 4.79 Å². The summed E-state index contributed by atoms with van der Waals surface area (Å²) in [7, 11) is 3.19. The van der Waals surface area contributed by atoms with Crippen molar-refractivity contribution in [3.8, 4) is 11.5 Å². The van der Waals surface area contributed by atoms with Crippen molar-refractivity contribution in [3.05, 3.63) is 71.8 Å². The first-order chi connectivity index (χ1) is 11.7. The summed E-state index contributed by atoms with van der Waals surface area (Å²) in [4.78, 5) is 12.6. The summed E-state index contributed by atoms with van der Waals surface area (Å²) in [5.41, 5.74) is 1.44. The SMILES string of the molecule is COc1ccccc1CNC(=O)c1cc2ccccc2cc1OC. The molecule has 4 heteroatoms. The van der Waals surface area contributed by atoms with Crippen LogP contribution in [-0.4, -0.2) is 20.1 Å². The molecule has 0 aromatic heterocycles. The third-order valence-corrected chi connectivity index (χ3v) is 3.94. The van der Waals surface area contributed by atoms with Gasteiger partial charge in [0.2, 0.25) is 0 Å². The number of carbonyl (C=O) groups excluding carboxylic acids is 1. The molecule has 0 heterocycles. The van der Waals surface area contributed by atoms with Crippen LogP contribution in [-0.2, 0) is 6.54 Å². The smallest absolute Gasteiger partial charge is 0.255 e. The number of fused-ring (bicyclic) bond motifs is 1. The quantitative estimate of drug-likeness (QED) is 0.778. The van der Waals surface area contributed by atoms with Crippen molar-refractivity contribution in [2.75, 3.05) is 14.2 Å². The van der Waals surface area contributed by atoms with E-state index in [0.29, 0.717) is 17.9 Å². The summed E-state index contributed by atoms with van der Waals surface area (Å²) in [6.07, 6.45) is 0. The van der Waals surface area contributed by atoms with E-state index in [0.717, 1.165) is 22.1 Å². The zero-order chi connectivity index (χ0) is 16.9. The molecule has 24 heavy (non-hydrogen) atoms. The summed E-state index contributed by atoms with van der Waals surface area (Å²) in [5.74, 6) is 1.14. The van der Waals surface area contributed by atoms with Crippen molar-refractivity contribution >= 4 is 16.7 Å². The highest BCUT2D eigenvalue weighted by Gasteiger charge is 2.14. The minimum Gasteiger partial charge on any atom is -0.496 e. The van der Waals surface area contributed by atoms with E-state index in [9.17, 15) is 4.79 Å². The van der Waals surface area contributed by atoms with Crippen LogP contribution in [0.2, 0.25) is 0 Å². The van der Waals surface area contributed by atoms with Crippen molar-refractivity contribution in [2.24, 2.45) is 0 Å². The van der Waals surface area contributed by atoms with Gasteiger partial charge in [0.05, 0.1) is 19.8 Å². The third kappa shape index (κ3) is 3.18. The topological polar surface area (TPSA) is 47.6 Å². The number of carbonyl (C=O) groups is 1. The van der Waals surface area contributed by atoms with Crippen LogP contribution in [0.4, 0.5) is 0 Å². The van der Waals surface area contributed by atoms with Gasteiger partial charge in [0.15, 0.2) is 0 Å². The first-order valence-corrected chi connectivity index (χ1v) is 7.70. The number of para-hydroxylation sites is 1. The number of methoxy groups -OCH3 is 2. The molecule has 122 valence electrons. The summed E-state index contributed by atoms with van der Waals surface area (Å²) in [5, 5.41) is 4.97. The highest BCUT2D eigenvalue weighted by atomic mass is 16.5. The Morgan fingerprint density at radius 3 is 2.21 bits per heavy atom. The fraction of sp³-hybridized carbons (Fsp3) is 0.150. The van der Waals surface area contributed by atoms with Crippen molar-refractivity contribution in [1.29, 1.82) is 0 Å². The van der Waals surface area contributed by atoms with Crippen LogP contribution in [0.15, 0.2) is 60.7 Å². The van der Waals surface area contributed by atoms with E-state index in [-0.39, 0.29) is 5.91 Å². The van der Waals surface area contributed by atoms with E-state index in [4.69, 9.17) is 9.47 Å².